The van der Waals surface area contributed by atoms with Crippen molar-refractivity contribution in [1.29, 1.82) is 0 Å². The normalized spacial score (nSPS) is 28.2. The highest BCUT2D eigenvalue weighted by atomic mass is 16.6. The average molecular weight is 354 g/mol. The summed E-state index contributed by atoms with van der Waals surface area (Å²) in [5, 5.41) is 11.1. The second-order valence-electron chi connectivity index (χ2n) is 8.41. The Bertz CT molecular complexity index is 984. The Morgan fingerprint density at radius 2 is 1.77 bits per heavy atom. The lowest BCUT2D eigenvalue weighted by molar-refractivity contribution is -0.384. The minimum absolute atomic E-state index is 0.0200. The van der Waals surface area contributed by atoms with Crippen LogP contribution in [0.15, 0.2) is 18.2 Å². The summed E-state index contributed by atoms with van der Waals surface area (Å²) in [6, 6.07) is 4.53. The van der Waals surface area contributed by atoms with Gasteiger partial charge < -0.3 is 4.90 Å². The molecule has 0 radical (unpaired) electrons. The third-order valence-corrected chi connectivity index (χ3v) is 7.00. The molecule has 26 heavy (non-hydrogen) atoms. The first-order valence-corrected chi connectivity index (χ1v) is 8.75. The van der Waals surface area contributed by atoms with Crippen LogP contribution in [0.2, 0.25) is 0 Å². The van der Waals surface area contributed by atoms with E-state index in [0.717, 1.165) is 18.5 Å². The van der Waals surface area contributed by atoms with E-state index in [1.165, 1.54) is 12.1 Å². The van der Waals surface area contributed by atoms with E-state index in [-0.39, 0.29) is 22.4 Å². The maximum absolute atomic E-state index is 13.3. The molecule has 1 heterocycles. The van der Waals surface area contributed by atoms with Crippen LogP contribution in [0.25, 0.3) is 11.0 Å². The van der Waals surface area contributed by atoms with Crippen LogP contribution in [0.3, 0.4) is 0 Å². The summed E-state index contributed by atoms with van der Waals surface area (Å²) in [4.78, 5) is 35.2. The van der Waals surface area contributed by atoms with E-state index in [2.05, 4.69) is 20.8 Å². The van der Waals surface area contributed by atoms with Crippen molar-refractivity contribution < 1.29 is 9.72 Å². The van der Waals surface area contributed by atoms with Crippen molar-refractivity contribution in [3.8, 4) is 0 Å². The fourth-order valence-electron chi connectivity index (χ4n) is 5.06. The molecule has 1 aromatic carbocycles. The summed E-state index contributed by atoms with van der Waals surface area (Å²) >= 11 is 0. The van der Waals surface area contributed by atoms with Gasteiger partial charge in [-0.1, -0.05) is 20.8 Å². The highest BCUT2D eigenvalue weighted by Crippen LogP contribution is 2.70. The number of carbonyl (C=O) groups is 1. The number of aromatic nitrogens is 2. The van der Waals surface area contributed by atoms with E-state index >= 15 is 0 Å². The molecule has 0 N–H and O–H groups in total. The second-order valence-corrected chi connectivity index (χ2v) is 8.41. The molecule has 2 aliphatic carbocycles. The zero-order valence-electron chi connectivity index (χ0n) is 15.7. The summed E-state index contributed by atoms with van der Waals surface area (Å²) < 4.78 is 0. The Labute approximate surface area is 151 Å². The first kappa shape index (κ1) is 16.9. The van der Waals surface area contributed by atoms with Gasteiger partial charge in [-0.25, -0.2) is 9.97 Å². The molecule has 136 valence electrons. The van der Waals surface area contributed by atoms with Gasteiger partial charge in [0.1, 0.15) is 0 Å². The number of amides is 1. The van der Waals surface area contributed by atoms with Crippen LogP contribution in [-0.4, -0.2) is 39.8 Å². The number of rotatable bonds is 2. The number of hydrogen-bond acceptors (Lipinski definition) is 5. The number of nitrogens with zero attached hydrogens (tertiary/aromatic N) is 4. The molecular weight excluding hydrogens is 332 g/mol. The highest BCUT2D eigenvalue weighted by Gasteiger charge is 2.73. The lowest BCUT2D eigenvalue weighted by Crippen LogP contribution is -2.50. The Balaban J connectivity index is 2.06. The molecule has 2 bridgehead atoms. The fraction of sp³-hybridized carbons (Fsp3) is 0.526. The van der Waals surface area contributed by atoms with Crippen molar-refractivity contribution in [1.82, 2.24) is 14.9 Å². The first-order valence-electron chi connectivity index (χ1n) is 8.75. The number of likely N-dealkylation sites (N-methyl/N-ethyl adjacent to an activating group) is 1. The Morgan fingerprint density at radius 1 is 1.12 bits per heavy atom. The van der Waals surface area contributed by atoms with Crippen LogP contribution < -0.4 is 0 Å². The molecule has 7 heteroatoms. The molecule has 4 rings (SSSR count). The highest BCUT2D eigenvalue weighted by molar-refractivity contribution is 5.92. The van der Waals surface area contributed by atoms with Crippen molar-refractivity contribution in [2.45, 2.75) is 44.4 Å². The molecule has 2 unspecified atom stereocenters. The van der Waals surface area contributed by atoms with E-state index < -0.39 is 10.3 Å². The van der Waals surface area contributed by atoms with Crippen LogP contribution in [0, 0.1) is 15.5 Å². The Morgan fingerprint density at radius 3 is 2.38 bits per heavy atom. The number of benzene rings is 1. The van der Waals surface area contributed by atoms with Crippen molar-refractivity contribution >= 4 is 22.6 Å². The molecule has 0 aliphatic heterocycles. The summed E-state index contributed by atoms with van der Waals surface area (Å²) in [6.45, 7) is 6.41. The molecule has 0 saturated heterocycles. The van der Waals surface area contributed by atoms with Gasteiger partial charge in [0.2, 0.25) is 5.91 Å². The number of hydrogen-bond donors (Lipinski definition) is 0. The van der Waals surface area contributed by atoms with Gasteiger partial charge in [-0.3, -0.25) is 14.9 Å². The van der Waals surface area contributed by atoms with E-state index in [1.54, 1.807) is 25.1 Å². The summed E-state index contributed by atoms with van der Waals surface area (Å²) in [5.74, 6) is 0.0315. The lowest BCUT2D eigenvalue weighted by Gasteiger charge is -2.40. The van der Waals surface area contributed by atoms with Crippen molar-refractivity contribution in [2.24, 2.45) is 5.41 Å². The van der Waals surface area contributed by atoms with Crippen LogP contribution in [0.4, 0.5) is 5.69 Å². The quantitative estimate of drug-likeness (QED) is 0.611. The summed E-state index contributed by atoms with van der Waals surface area (Å²) in [7, 11) is 3.53. The molecule has 0 spiro atoms. The number of non-ortho nitro benzene ring substituents is 1. The van der Waals surface area contributed by atoms with Crippen molar-refractivity contribution in [3.05, 3.63) is 39.7 Å². The van der Waals surface area contributed by atoms with Crippen molar-refractivity contribution in [2.75, 3.05) is 14.1 Å². The summed E-state index contributed by atoms with van der Waals surface area (Å²) in [6.07, 6.45) is 1.59. The number of nitro benzene ring substituents is 1. The zero-order chi connectivity index (χ0) is 19.1. The molecule has 1 fully saturated rings. The minimum Gasteiger partial charge on any atom is -0.348 e. The first-order chi connectivity index (χ1) is 12.1. The Hall–Kier alpha value is -2.57. The molecule has 1 saturated carbocycles. The average Bonchev–Trinajstić information content (AvgIpc) is 2.88. The van der Waals surface area contributed by atoms with E-state index in [0.29, 0.717) is 16.7 Å². The minimum atomic E-state index is -0.744. The summed E-state index contributed by atoms with van der Waals surface area (Å²) in [5.41, 5.74) is 1.31. The molecular formula is C19H22N4O3. The maximum atomic E-state index is 13.3. The third kappa shape index (κ3) is 1.66. The standard InChI is InChI=1S/C19H22N4O3/c1-17(2)18(3)8-9-19(17,16(24)22(4)5)15-14(18)20-12-7-6-11(23(25)26)10-13(12)21-15/h6-7,10H,8-9H2,1-5H3. The lowest BCUT2D eigenvalue weighted by atomic mass is 9.63. The molecule has 2 aromatic rings. The van der Waals surface area contributed by atoms with Gasteiger partial charge in [-0.15, -0.1) is 0 Å². The van der Waals surface area contributed by atoms with E-state index in [9.17, 15) is 14.9 Å². The molecule has 2 atom stereocenters. The molecule has 7 nitrogen and oxygen atoms in total. The zero-order valence-corrected chi connectivity index (χ0v) is 15.7. The monoisotopic (exact) mass is 354 g/mol. The number of fused-ring (bicyclic) bond motifs is 6. The predicted molar refractivity (Wildman–Crippen MR) is 96.9 cm³/mol. The topological polar surface area (TPSA) is 89.2 Å². The van der Waals surface area contributed by atoms with Gasteiger partial charge in [0.05, 0.1) is 32.8 Å². The van der Waals surface area contributed by atoms with Gasteiger partial charge in [-0.2, -0.15) is 0 Å². The predicted octanol–water partition coefficient (Wildman–Crippen LogP) is 2.96. The maximum Gasteiger partial charge on any atom is 0.271 e. The van der Waals surface area contributed by atoms with Crippen LogP contribution in [0.5, 0.6) is 0 Å². The molecule has 1 amide bonds. The fourth-order valence-corrected chi connectivity index (χ4v) is 5.06. The Kier molecular flexibility index (Phi) is 3.10. The van der Waals surface area contributed by atoms with Crippen LogP contribution >= 0.6 is 0 Å². The second kappa shape index (κ2) is 4.78. The van der Waals surface area contributed by atoms with Gasteiger partial charge in [0.25, 0.3) is 5.69 Å². The van der Waals surface area contributed by atoms with Gasteiger partial charge >= 0.3 is 0 Å². The number of nitro groups is 1. The number of carbonyl (C=O) groups excluding carboxylic acids is 1. The third-order valence-electron chi connectivity index (χ3n) is 7.00. The van der Waals surface area contributed by atoms with Crippen molar-refractivity contribution in [3.63, 3.8) is 0 Å². The smallest absolute Gasteiger partial charge is 0.271 e. The van der Waals surface area contributed by atoms with Gasteiger partial charge in [0, 0.05) is 31.6 Å². The van der Waals surface area contributed by atoms with E-state index in [4.69, 9.17) is 9.97 Å². The van der Waals surface area contributed by atoms with Crippen LogP contribution in [0.1, 0.15) is 45.0 Å². The molecule has 1 aromatic heterocycles. The van der Waals surface area contributed by atoms with E-state index in [1.807, 2.05) is 0 Å². The SMILES string of the molecule is CN(C)C(=O)C12CCC(C)(c3nc4ccc([N+](=O)[O-])cc4nc31)C2(C)C. The largest absolute Gasteiger partial charge is 0.348 e. The molecule has 2 aliphatic rings. The van der Waals surface area contributed by atoms with Crippen LogP contribution in [-0.2, 0) is 15.6 Å². The van der Waals surface area contributed by atoms with Gasteiger partial charge in [0.15, 0.2) is 0 Å². The van der Waals surface area contributed by atoms with Gasteiger partial charge in [-0.05, 0) is 24.3 Å².